The maximum absolute atomic E-state index is 13.4. The molecule has 5 rings (SSSR count). The zero-order valence-electron chi connectivity index (χ0n) is 18.6. The molecule has 1 N–H and O–H groups in total. The Kier molecular flexibility index (Phi) is 5.67. The van der Waals surface area contributed by atoms with Crippen LogP contribution in [0.5, 0.6) is 0 Å². The maximum atomic E-state index is 13.4. The summed E-state index contributed by atoms with van der Waals surface area (Å²) in [5, 5.41) is 21.8. The number of aromatic nitrogens is 5. The Labute approximate surface area is 191 Å². The van der Waals surface area contributed by atoms with Gasteiger partial charge in [0.15, 0.2) is 0 Å². The quantitative estimate of drug-likeness (QED) is 0.649. The van der Waals surface area contributed by atoms with Gasteiger partial charge in [-0.3, -0.25) is 9.78 Å². The molecule has 0 saturated carbocycles. The van der Waals surface area contributed by atoms with Crippen molar-refractivity contribution in [3.63, 3.8) is 0 Å². The summed E-state index contributed by atoms with van der Waals surface area (Å²) in [7, 11) is 0. The van der Waals surface area contributed by atoms with Gasteiger partial charge in [0.2, 0.25) is 5.91 Å². The molecule has 1 amide bonds. The van der Waals surface area contributed by atoms with E-state index in [0.29, 0.717) is 24.4 Å². The van der Waals surface area contributed by atoms with Crippen LogP contribution in [0.3, 0.4) is 0 Å². The number of pyridine rings is 1. The monoisotopic (exact) mass is 453 g/mol. The highest BCUT2D eigenvalue weighted by Crippen LogP contribution is 2.43. The molecule has 5 heterocycles. The molecule has 0 bridgehead atoms. The largest absolute Gasteiger partial charge is 0.456 e. The Hall–Kier alpha value is -3.18. The highest BCUT2D eigenvalue weighted by atomic mass is 16.5. The van der Waals surface area contributed by atoms with Crippen LogP contribution in [0.2, 0.25) is 0 Å². The molecule has 2 fully saturated rings. The van der Waals surface area contributed by atoms with E-state index in [0.717, 1.165) is 50.2 Å². The number of esters is 1. The van der Waals surface area contributed by atoms with Gasteiger partial charge < -0.3 is 19.6 Å². The van der Waals surface area contributed by atoms with Crippen molar-refractivity contribution in [3.05, 3.63) is 41.6 Å². The first kappa shape index (κ1) is 21.7. The number of rotatable bonds is 5. The molecular weight excluding hydrogens is 426 g/mol. The third-order valence-electron chi connectivity index (χ3n) is 7.11. The Balaban J connectivity index is 1.21. The van der Waals surface area contributed by atoms with E-state index in [9.17, 15) is 14.7 Å². The molecule has 2 saturated heterocycles. The minimum Gasteiger partial charge on any atom is -0.456 e. The summed E-state index contributed by atoms with van der Waals surface area (Å²) in [4.78, 5) is 33.5. The molecule has 11 nitrogen and oxygen atoms in total. The predicted octanol–water partition coefficient (Wildman–Crippen LogP) is 0.626. The fourth-order valence-corrected chi connectivity index (χ4v) is 5.07. The van der Waals surface area contributed by atoms with E-state index in [1.54, 1.807) is 24.1 Å². The Morgan fingerprint density at radius 3 is 2.73 bits per heavy atom. The minimum absolute atomic E-state index is 0.109. The number of tetrazole rings is 1. The van der Waals surface area contributed by atoms with E-state index < -0.39 is 11.5 Å². The lowest BCUT2D eigenvalue weighted by atomic mass is 9.79. The van der Waals surface area contributed by atoms with Crippen LogP contribution >= 0.6 is 0 Å². The minimum atomic E-state index is -0.729. The third-order valence-corrected chi connectivity index (χ3v) is 7.11. The number of aliphatic hydroxyl groups excluding tert-OH is 1. The van der Waals surface area contributed by atoms with E-state index in [4.69, 9.17) is 4.74 Å². The normalized spacial score (nSPS) is 25.1. The SMILES string of the molecule is CC1=C(N2CCC3(CCCN(CC(O)c4ccc(-n5cnnn5)cn4)CC3)C2=O)COC1=O. The molecule has 11 heteroatoms. The fourth-order valence-electron chi connectivity index (χ4n) is 5.07. The average Bonchev–Trinajstić information content (AvgIpc) is 3.50. The Bertz CT molecular complexity index is 1070. The van der Waals surface area contributed by atoms with Gasteiger partial charge in [0.05, 0.1) is 34.3 Å². The van der Waals surface area contributed by atoms with Gasteiger partial charge in [-0.25, -0.2) is 4.79 Å². The van der Waals surface area contributed by atoms with Crippen molar-refractivity contribution >= 4 is 11.9 Å². The number of hydrogen-bond acceptors (Lipinski definition) is 9. The number of likely N-dealkylation sites (tertiary alicyclic amines) is 2. The van der Waals surface area contributed by atoms with Gasteiger partial charge in [-0.2, -0.15) is 4.68 Å². The topological polar surface area (TPSA) is 127 Å². The van der Waals surface area contributed by atoms with Gasteiger partial charge in [-0.15, -0.1) is 5.10 Å². The smallest absolute Gasteiger partial charge is 0.336 e. The number of nitrogens with zero attached hydrogens (tertiary/aromatic N) is 7. The first-order chi connectivity index (χ1) is 16.0. The number of aliphatic hydroxyl groups is 1. The van der Waals surface area contributed by atoms with Crippen LogP contribution in [0, 0.1) is 5.41 Å². The zero-order chi connectivity index (χ0) is 23.0. The summed E-state index contributed by atoms with van der Waals surface area (Å²) in [5.74, 6) is -0.225. The fraction of sp³-hybridized carbons (Fsp3) is 0.545. The van der Waals surface area contributed by atoms with Crippen LogP contribution in [0.15, 0.2) is 35.9 Å². The molecular formula is C22H27N7O4. The van der Waals surface area contributed by atoms with Gasteiger partial charge in [-0.1, -0.05) is 0 Å². The number of carbonyl (C=O) groups is 2. The zero-order valence-corrected chi connectivity index (χ0v) is 18.6. The lowest BCUT2D eigenvalue weighted by Gasteiger charge is -2.27. The number of ether oxygens (including phenoxy) is 1. The van der Waals surface area contributed by atoms with Crippen LogP contribution in [-0.2, 0) is 14.3 Å². The lowest BCUT2D eigenvalue weighted by molar-refractivity contribution is -0.137. The van der Waals surface area contributed by atoms with E-state index in [2.05, 4.69) is 25.4 Å². The van der Waals surface area contributed by atoms with Gasteiger partial charge in [-0.05, 0) is 68.3 Å². The number of amides is 1. The van der Waals surface area contributed by atoms with Gasteiger partial charge in [0, 0.05) is 13.1 Å². The molecule has 0 aromatic carbocycles. The lowest BCUT2D eigenvalue weighted by Crippen LogP contribution is -2.36. The van der Waals surface area contributed by atoms with E-state index in [1.165, 1.54) is 11.0 Å². The maximum Gasteiger partial charge on any atom is 0.336 e. The second-order valence-electron chi connectivity index (χ2n) is 9.00. The summed E-state index contributed by atoms with van der Waals surface area (Å²) in [6.45, 7) is 4.54. The Morgan fingerprint density at radius 1 is 1.18 bits per heavy atom. The molecule has 2 aromatic heterocycles. The van der Waals surface area contributed by atoms with Crippen LogP contribution in [0.4, 0.5) is 0 Å². The molecule has 2 unspecified atom stereocenters. The van der Waals surface area contributed by atoms with E-state index in [1.807, 2.05) is 6.07 Å². The number of hydrogen-bond donors (Lipinski definition) is 1. The molecule has 3 aliphatic rings. The van der Waals surface area contributed by atoms with Crippen molar-refractivity contribution in [2.75, 3.05) is 32.8 Å². The van der Waals surface area contributed by atoms with Crippen LogP contribution in [-0.4, -0.2) is 84.8 Å². The van der Waals surface area contributed by atoms with Gasteiger partial charge >= 0.3 is 5.97 Å². The van der Waals surface area contributed by atoms with Crippen molar-refractivity contribution < 1.29 is 19.4 Å². The molecule has 0 aliphatic carbocycles. The summed E-state index contributed by atoms with van der Waals surface area (Å²) in [6.07, 6.45) is 5.61. The second kappa shape index (κ2) is 8.64. The standard InChI is InChI=1S/C22H27N7O4/c1-15-18(13-33-20(15)31)28-10-7-22(21(28)32)5-2-8-27(9-6-22)12-19(30)17-4-3-16(11-23-17)29-14-24-25-26-29/h3-4,11,14,19,30H,2,5-10,12-13H2,1H3. The van der Waals surface area contributed by atoms with E-state index >= 15 is 0 Å². The summed E-state index contributed by atoms with van der Waals surface area (Å²) in [5.41, 5.74) is 2.16. The van der Waals surface area contributed by atoms with Crippen LogP contribution < -0.4 is 0 Å². The van der Waals surface area contributed by atoms with Crippen molar-refractivity contribution in [3.8, 4) is 5.69 Å². The molecule has 174 valence electrons. The molecule has 1 spiro atoms. The highest BCUT2D eigenvalue weighted by molar-refractivity contribution is 5.94. The molecule has 2 aromatic rings. The number of carbonyl (C=O) groups excluding carboxylic acids is 2. The molecule has 3 aliphatic heterocycles. The second-order valence-corrected chi connectivity index (χ2v) is 9.00. The van der Waals surface area contributed by atoms with Crippen molar-refractivity contribution in [1.29, 1.82) is 0 Å². The Morgan fingerprint density at radius 2 is 2.03 bits per heavy atom. The number of cyclic esters (lactones) is 1. The average molecular weight is 454 g/mol. The van der Waals surface area contributed by atoms with E-state index in [-0.39, 0.29) is 18.5 Å². The number of β-amino-alcohol motifs (C(OH)–C–C–N with tert-alkyl or cyclic N) is 1. The molecule has 33 heavy (non-hydrogen) atoms. The first-order valence-electron chi connectivity index (χ1n) is 11.3. The predicted molar refractivity (Wildman–Crippen MR) is 115 cm³/mol. The van der Waals surface area contributed by atoms with Crippen LogP contribution in [0.1, 0.15) is 44.4 Å². The first-order valence-corrected chi connectivity index (χ1v) is 11.3. The van der Waals surface area contributed by atoms with Crippen LogP contribution in [0.25, 0.3) is 5.69 Å². The highest BCUT2D eigenvalue weighted by Gasteiger charge is 2.49. The van der Waals surface area contributed by atoms with Gasteiger partial charge in [0.1, 0.15) is 19.0 Å². The summed E-state index contributed by atoms with van der Waals surface area (Å²) < 4.78 is 6.61. The third kappa shape index (κ3) is 4.02. The molecule has 2 atom stereocenters. The van der Waals surface area contributed by atoms with Crippen molar-refractivity contribution in [2.24, 2.45) is 5.41 Å². The van der Waals surface area contributed by atoms with Gasteiger partial charge in [0.25, 0.3) is 0 Å². The summed E-state index contributed by atoms with van der Waals surface area (Å²) >= 11 is 0. The summed E-state index contributed by atoms with van der Waals surface area (Å²) in [6, 6.07) is 3.60. The van der Waals surface area contributed by atoms with Crippen molar-refractivity contribution in [1.82, 2.24) is 35.0 Å². The molecule has 0 radical (unpaired) electrons. The van der Waals surface area contributed by atoms with Crippen molar-refractivity contribution in [2.45, 2.75) is 38.7 Å².